The summed E-state index contributed by atoms with van der Waals surface area (Å²) in [5.41, 5.74) is 1.10. The second-order valence-corrected chi connectivity index (χ2v) is 5.94. The second-order valence-electron chi connectivity index (χ2n) is 5.02. The van der Waals surface area contributed by atoms with Crippen molar-refractivity contribution in [3.8, 4) is 5.75 Å². The average molecular weight is 345 g/mol. The Bertz CT molecular complexity index is 751. The molecule has 0 amide bonds. The largest absolute Gasteiger partial charge is 0.487 e. The smallest absolute Gasteiger partial charge is 0.130 e. The summed E-state index contributed by atoms with van der Waals surface area (Å²) in [4.78, 5) is 4.19. The normalized spacial score (nSPS) is 11.0. The van der Waals surface area contributed by atoms with Crippen molar-refractivity contribution in [2.45, 2.75) is 26.5 Å². The SMILES string of the molecule is CCCn1cncc1COc1ccc2cc(Br)ccc2c1. The van der Waals surface area contributed by atoms with Gasteiger partial charge in [-0.15, -0.1) is 0 Å². The highest BCUT2D eigenvalue weighted by molar-refractivity contribution is 9.10. The molecule has 0 atom stereocenters. The van der Waals surface area contributed by atoms with Crippen LogP contribution in [0.1, 0.15) is 19.0 Å². The van der Waals surface area contributed by atoms with Crippen LogP contribution >= 0.6 is 15.9 Å². The molecule has 0 aliphatic rings. The van der Waals surface area contributed by atoms with Crippen molar-refractivity contribution in [3.63, 3.8) is 0 Å². The van der Waals surface area contributed by atoms with E-state index in [-0.39, 0.29) is 0 Å². The van der Waals surface area contributed by atoms with Crippen molar-refractivity contribution in [1.29, 1.82) is 0 Å². The van der Waals surface area contributed by atoms with Crippen LogP contribution in [0.5, 0.6) is 5.75 Å². The van der Waals surface area contributed by atoms with E-state index in [0.717, 1.165) is 28.9 Å². The number of halogens is 1. The van der Waals surface area contributed by atoms with E-state index in [1.165, 1.54) is 10.8 Å². The van der Waals surface area contributed by atoms with E-state index >= 15 is 0 Å². The number of nitrogens with zero attached hydrogens (tertiary/aromatic N) is 2. The summed E-state index contributed by atoms with van der Waals surface area (Å²) >= 11 is 3.49. The fraction of sp³-hybridized carbons (Fsp3) is 0.235. The van der Waals surface area contributed by atoms with Crippen molar-refractivity contribution >= 4 is 26.7 Å². The molecule has 0 aliphatic heterocycles. The molecule has 1 heterocycles. The molecule has 0 aliphatic carbocycles. The lowest BCUT2D eigenvalue weighted by Crippen LogP contribution is -2.04. The Morgan fingerprint density at radius 1 is 1.14 bits per heavy atom. The minimum absolute atomic E-state index is 0.544. The second kappa shape index (κ2) is 6.31. The van der Waals surface area contributed by atoms with Crippen molar-refractivity contribution in [1.82, 2.24) is 9.55 Å². The Morgan fingerprint density at radius 3 is 2.81 bits per heavy atom. The van der Waals surface area contributed by atoms with Crippen molar-refractivity contribution < 1.29 is 4.74 Å². The van der Waals surface area contributed by atoms with Crippen LogP contribution in [0.15, 0.2) is 53.4 Å². The Balaban J connectivity index is 1.75. The number of imidazole rings is 1. The molecule has 0 bridgehead atoms. The predicted molar refractivity (Wildman–Crippen MR) is 88.5 cm³/mol. The molecule has 0 unspecified atom stereocenters. The quantitative estimate of drug-likeness (QED) is 0.665. The number of ether oxygens (including phenoxy) is 1. The molecule has 0 saturated carbocycles. The fourth-order valence-corrected chi connectivity index (χ4v) is 2.73. The number of hydrogen-bond acceptors (Lipinski definition) is 2. The molecule has 3 aromatic rings. The van der Waals surface area contributed by atoms with Crippen LogP contribution in [0.3, 0.4) is 0 Å². The zero-order valence-corrected chi connectivity index (χ0v) is 13.5. The number of hydrogen-bond donors (Lipinski definition) is 0. The number of fused-ring (bicyclic) bond motifs is 1. The average Bonchev–Trinajstić information content (AvgIpc) is 2.93. The van der Waals surface area contributed by atoms with Gasteiger partial charge in [-0.2, -0.15) is 0 Å². The van der Waals surface area contributed by atoms with Crippen molar-refractivity contribution in [2.24, 2.45) is 0 Å². The summed E-state index contributed by atoms with van der Waals surface area (Å²) in [7, 11) is 0. The Morgan fingerprint density at radius 2 is 1.95 bits per heavy atom. The van der Waals surface area contributed by atoms with Gasteiger partial charge in [0.15, 0.2) is 0 Å². The van der Waals surface area contributed by atoms with E-state index in [1.54, 1.807) is 0 Å². The highest BCUT2D eigenvalue weighted by atomic mass is 79.9. The summed E-state index contributed by atoms with van der Waals surface area (Å²) < 4.78 is 9.13. The molecular formula is C17H17BrN2O. The topological polar surface area (TPSA) is 27.1 Å². The Labute approximate surface area is 132 Å². The highest BCUT2D eigenvalue weighted by Crippen LogP contribution is 2.24. The summed E-state index contributed by atoms with van der Waals surface area (Å²) in [5, 5.41) is 2.38. The van der Waals surface area contributed by atoms with Gasteiger partial charge < -0.3 is 9.30 Å². The number of benzene rings is 2. The van der Waals surface area contributed by atoms with E-state index < -0.39 is 0 Å². The Hall–Kier alpha value is -1.81. The van der Waals surface area contributed by atoms with Gasteiger partial charge in [-0.1, -0.05) is 35.0 Å². The summed E-state index contributed by atoms with van der Waals surface area (Å²) in [5.74, 6) is 0.883. The molecule has 4 heteroatoms. The number of aromatic nitrogens is 2. The molecule has 0 radical (unpaired) electrons. The zero-order chi connectivity index (χ0) is 14.7. The van der Waals surface area contributed by atoms with Crippen LogP contribution < -0.4 is 4.74 Å². The summed E-state index contributed by atoms with van der Waals surface area (Å²) in [6.07, 6.45) is 4.82. The van der Waals surface area contributed by atoms with Gasteiger partial charge in [-0.25, -0.2) is 4.98 Å². The van der Waals surface area contributed by atoms with Gasteiger partial charge in [-0.05, 0) is 41.5 Å². The first-order valence-electron chi connectivity index (χ1n) is 7.07. The molecule has 0 saturated heterocycles. The standard InChI is InChI=1S/C17H17BrN2O/c1-2-7-20-12-19-10-16(20)11-21-17-6-4-13-8-15(18)5-3-14(13)9-17/h3-6,8-10,12H,2,7,11H2,1H3. The molecule has 1 aromatic heterocycles. The van der Waals surface area contributed by atoms with Gasteiger partial charge in [0, 0.05) is 11.0 Å². The fourth-order valence-electron chi connectivity index (χ4n) is 2.35. The maximum Gasteiger partial charge on any atom is 0.130 e. The summed E-state index contributed by atoms with van der Waals surface area (Å²) in [6.45, 7) is 3.68. The number of rotatable bonds is 5. The first-order valence-corrected chi connectivity index (χ1v) is 7.86. The van der Waals surface area contributed by atoms with Gasteiger partial charge in [0.2, 0.25) is 0 Å². The van der Waals surface area contributed by atoms with E-state index in [9.17, 15) is 0 Å². The molecule has 0 spiro atoms. The maximum atomic E-state index is 5.90. The van der Waals surface area contributed by atoms with E-state index in [4.69, 9.17) is 4.74 Å². The first-order chi connectivity index (χ1) is 10.3. The van der Waals surface area contributed by atoms with Crippen LogP contribution in [0, 0.1) is 0 Å². The lowest BCUT2D eigenvalue weighted by Gasteiger charge is -2.09. The predicted octanol–water partition coefficient (Wildman–Crippen LogP) is 4.79. The monoisotopic (exact) mass is 344 g/mol. The third-order valence-electron chi connectivity index (χ3n) is 3.42. The van der Waals surface area contributed by atoms with Gasteiger partial charge in [0.05, 0.1) is 18.2 Å². The van der Waals surface area contributed by atoms with E-state index in [1.807, 2.05) is 24.7 Å². The maximum absolute atomic E-state index is 5.90. The first kappa shape index (κ1) is 14.1. The van der Waals surface area contributed by atoms with Crippen molar-refractivity contribution in [3.05, 3.63) is 59.1 Å². The molecule has 3 rings (SSSR count). The lowest BCUT2D eigenvalue weighted by atomic mass is 10.1. The van der Waals surface area contributed by atoms with Crippen LogP contribution in [-0.2, 0) is 13.2 Å². The van der Waals surface area contributed by atoms with E-state index in [2.05, 4.69) is 56.7 Å². The third kappa shape index (κ3) is 3.27. The minimum Gasteiger partial charge on any atom is -0.487 e. The van der Waals surface area contributed by atoms with Crippen molar-refractivity contribution in [2.75, 3.05) is 0 Å². The van der Waals surface area contributed by atoms with Gasteiger partial charge in [-0.3, -0.25) is 0 Å². The molecule has 21 heavy (non-hydrogen) atoms. The van der Waals surface area contributed by atoms with Crippen LogP contribution in [0.4, 0.5) is 0 Å². The van der Waals surface area contributed by atoms with Crippen LogP contribution in [-0.4, -0.2) is 9.55 Å². The molecule has 0 fully saturated rings. The molecule has 108 valence electrons. The van der Waals surface area contributed by atoms with Gasteiger partial charge in [0.1, 0.15) is 12.4 Å². The molecule has 3 nitrogen and oxygen atoms in total. The minimum atomic E-state index is 0.544. The van der Waals surface area contributed by atoms with Crippen LogP contribution in [0.2, 0.25) is 0 Å². The molecule has 2 aromatic carbocycles. The third-order valence-corrected chi connectivity index (χ3v) is 3.92. The summed E-state index contributed by atoms with van der Waals surface area (Å²) in [6, 6.07) is 12.4. The zero-order valence-electron chi connectivity index (χ0n) is 11.9. The Kier molecular flexibility index (Phi) is 4.25. The van der Waals surface area contributed by atoms with Crippen LogP contribution in [0.25, 0.3) is 10.8 Å². The number of aryl methyl sites for hydroxylation is 1. The van der Waals surface area contributed by atoms with Gasteiger partial charge >= 0.3 is 0 Å². The highest BCUT2D eigenvalue weighted by Gasteiger charge is 2.03. The van der Waals surface area contributed by atoms with E-state index in [0.29, 0.717) is 6.61 Å². The lowest BCUT2D eigenvalue weighted by molar-refractivity contribution is 0.295. The molecule has 0 N–H and O–H groups in total. The molecular weight excluding hydrogens is 328 g/mol. The van der Waals surface area contributed by atoms with Gasteiger partial charge in [0.25, 0.3) is 0 Å².